The van der Waals surface area contributed by atoms with Crippen LogP contribution in [0.4, 0.5) is 5.69 Å². The quantitative estimate of drug-likeness (QED) is 0.545. The molecule has 5 N–H and O–H groups in total. The van der Waals surface area contributed by atoms with Crippen molar-refractivity contribution in [3.8, 4) is 5.88 Å². The fourth-order valence-electron chi connectivity index (χ4n) is 2.41. The van der Waals surface area contributed by atoms with Gasteiger partial charge in [0.2, 0.25) is 5.88 Å². The number of hydrogen-bond donors (Lipinski definition) is 4. The second kappa shape index (κ2) is 5.11. The number of nitrogen functional groups attached to an aromatic ring is 1. The maximum absolute atomic E-state index is 10.1. The first-order valence-corrected chi connectivity index (χ1v) is 6.36. The summed E-state index contributed by atoms with van der Waals surface area (Å²) in [6, 6.07) is 1.54. The van der Waals surface area contributed by atoms with Gasteiger partial charge in [0.1, 0.15) is 23.8 Å². The number of fused-ring (bicyclic) bond motifs is 1. The van der Waals surface area contributed by atoms with Gasteiger partial charge in [0.05, 0.1) is 25.7 Å². The SMILES string of the molecule is COc1cc(N)c2ncn([C@@H]3O[C@H](CO)C(O)[C@@H]3O)c2n1. The molecular formula is C12H16N4O5. The zero-order valence-electron chi connectivity index (χ0n) is 11.2. The number of rotatable bonds is 3. The van der Waals surface area contributed by atoms with Crippen LogP contribution in [0, 0.1) is 0 Å². The number of nitrogens with zero attached hydrogens (tertiary/aromatic N) is 3. The Morgan fingerprint density at radius 3 is 2.81 bits per heavy atom. The molecule has 0 amide bonds. The van der Waals surface area contributed by atoms with Crippen molar-refractivity contribution < 1.29 is 24.8 Å². The Morgan fingerprint density at radius 1 is 1.43 bits per heavy atom. The number of nitrogens with two attached hydrogens (primary N) is 1. The van der Waals surface area contributed by atoms with E-state index in [0.717, 1.165) is 0 Å². The molecule has 0 aliphatic carbocycles. The van der Waals surface area contributed by atoms with Crippen molar-refractivity contribution in [2.75, 3.05) is 19.5 Å². The second-order valence-electron chi connectivity index (χ2n) is 4.81. The first-order valence-electron chi connectivity index (χ1n) is 6.36. The van der Waals surface area contributed by atoms with E-state index in [0.29, 0.717) is 22.7 Å². The number of pyridine rings is 1. The minimum Gasteiger partial charge on any atom is -0.481 e. The Labute approximate surface area is 119 Å². The number of aliphatic hydroxyl groups excluding tert-OH is 3. The summed E-state index contributed by atoms with van der Waals surface area (Å²) >= 11 is 0. The molecule has 0 bridgehead atoms. The number of anilines is 1. The van der Waals surface area contributed by atoms with Crippen LogP contribution < -0.4 is 10.5 Å². The van der Waals surface area contributed by atoms with Crippen LogP contribution in [0.3, 0.4) is 0 Å². The van der Waals surface area contributed by atoms with Crippen molar-refractivity contribution in [2.24, 2.45) is 0 Å². The third-order valence-corrected chi connectivity index (χ3v) is 3.54. The van der Waals surface area contributed by atoms with E-state index < -0.39 is 31.1 Å². The molecule has 0 aromatic carbocycles. The van der Waals surface area contributed by atoms with Gasteiger partial charge in [0.15, 0.2) is 11.9 Å². The van der Waals surface area contributed by atoms with Gasteiger partial charge in [-0.05, 0) is 0 Å². The van der Waals surface area contributed by atoms with E-state index in [2.05, 4.69) is 9.97 Å². The molecule has 1 saturated heterocycles. The van der Waals surface area contributed by atoms with E-state index in [-0.39, 0.29) is 0 Å². The Balaban J connectivity index is 2.07. The van der Waals surface area contributed by atoms with Gasteiger partial charge in [0, 0.05) is 6.07 Å². The van der Waals surface area contributed by atoms with Crippen LogP contribution in [-0.2, 0) is 4.74 Å². The van der Waals surface area contributed by atoms with E-state index in [1.165, 1.54) is 24.1 Å². The van der Waals surface area contributed by atoms with Crippen molar-refractivity contribution >= 4 is 16.9 Å². The monoisotopic (exact) mass is 296 g/mol. The van der Waals surface area contributed by atoms with Crippen LogP contribution >= 0.6 is 0 Å². The number of hydrogen-bond acceptors (Lipinski definition) is 8. The average Bonchev–Trinajstić information content (AvgIpc) is 3.02. The lowest BCUT2D eigenvalue weighted by Gasteiger charge is -2.16. The molecule has 2 aromatic heterocycles. The summed E-state index contributed by atoms with van der Waals surface area (Å²) in [6.07, 6.45) is -2.78. The summed E-state index contributed by atoms with van der Waals surface area (Å²) in [4.78, 5) is 8.37. The maximum Gasteiger partial charge on any atom is 0.217 e. The Bertz CT molecular complexity index is 660. The minimum absolute atomic E-state index is 0.300. The van der Waals surface area contributed by atoms with Gasteiger partial charge < -0.3 is 30.5 Å². The van der Waals surface area contributed by atoms with Crippen LogP contribution in [0.1, 0.15) is 6.23 Å². The molecule has 9 nitrogen and oxygen atoms in total. The van der Waals surface area contributed by atoms with Crippen LogP contribution in [-0.4, -0.2) is 61.9 Å². The van der Waals surface area contributed by atoms with Gasteiger partial charge in [0.25, 0.3) is 0 Å². The molecule has 3 rings (SSSR count). The molecule has 1 aliphatic heterocycles. The van der Waals surface area contributed by atoms with Gasteiger partial charge in [-0.15, -0.1) is 0 Å². The maximum atomic E-state index is 10.1. The van der Waals surface area contributed by atoms with Gasteiger partial charge in [-0.1, -0.05) is 0 Å². The summed E-state index contributed by atoms with van der Waals surface area (Å²) in [5.41, 5.74) is 7.05. The molecule has 2 aromatic rings. The van der Waals surface area contributed by atoms with Crippen molar-refractivity contribution in [3.63, 3.8) is 0 Å². The number of methoxy groups -OCH3 is 1. The molecule has 1 aliphatic rings. The van der Waals surface area contributed by atoms with Crippen LogP contribution in [0.2, 0.25) is 0 Å². The van der Waals surface area contributed by atoms with Crippen molar-refractivity contribution in [1.82, 2.24) is 14.5 Å². The highest BCUT2D eigenvalue weighted by molar-refractivity contribution is 5.85. The number of imidazole rings is 1. The first-order chi connectivity index (χ1) is 10.1. The van der Waals surface area contributed by atoms with Crippen LogP contribution in [0.25, 0.3) is 11.2 Å². The van der Waals surface area contributed by atoms with Gasteiger partial charge in [-0.25, -0.2) is 4.98 Å². The number of aliphatic hydroxyl groups is 3. The fraction of sp³-hybridized carbons (Fsp3) is 0.500. The van der Waals surface area contributed by atoms with Crippen molar-refractivity contribution in [1.29, 1.82) is 0 Å². The lowest BCUT2D eigenvalue weighted by molar-refractivity contribution is -0.0511. The minimum atomic E-state index is -1.21. The molecule has 1 unspecified atom stereocenters. The molecule has 3 heterocycles. The highest BCUT2D eigenvalue weighted by Crippen LogP contribution is 2.33. The lowest BCUT2D eigenvalue weighted by atomic mass is 10.1. The van der Waals surface area contributed by atoms with Gasteiger partial charge >= 0.3 is 0 Å². The standard InChI is InChI=1S/C12H16N4O5/c1-20-7-2-5(13)8-11(15-7)16(4-14-8)12-10(19)9(18)6(3-17)21-12/h2,4,6,9-10,12,17-19H,3H2,1H3,(H2,13,15)/t6-,9?,10+,12-/m1/s1. The third kappa shape index (κ3) is 2.10. The Morgan fingerprint density at radius 2 is 2.19 bits per heavy atom. The highest BCUT2D eigenvalue weighted by Gasteiger charge is 2.44. The predicted octanol–water partition coefficient (Wildman–Crippen LogP) is -1.37. The smallest absolute Gasteiger partial charge is 0.217 e. The van der Waals surface area contributed by atoms with E-state index in [1.54, 1.807) is 0 Å². The molecule has 21 heavy (non-hydrogen) atoms. The van der Waals surface area contributed by atoms with E-state index in [4.69, 9.17) is 20.3 Å². The molecular weight excluding hydrogens is 280 g/mol. The number of aromatic nitrogens is 3. The summed E-state index contributed by atoms with van der Waals surface area (Å²) in [6.45, 7) is -0.403. The normalized spacial score (nSPS) is 29.1. The summed E-state index contributed by atoms with van der Waals surface area (Å²) in [7, 11) is 1.46. The largest absolute Gasteiger partial charge is 0.481 e. The summed E-state index contributed by atoms with van der Waals surface area (Å²) in [5, 5.41) is 29.0. The second-order valence-corrected chi connectivity index (χ2v) is 4.81. The molecule has 4 atom stereocenters. The predicted molar refractivity (Wildman–Crippen MR) is 71.5 cm³/mol. The highest BCUT2D eigenvalue weighted by atomic mass is 16.6. The van der Waals surface area contributed by atoms with E-state index in [1.807, 2.05) is 0 Å². The molecule has 0 spiro atoms. The zero-order valence-corrected chi connectivity index (χ0v) is 11.2. The van der Waals surface area contributed by atoms with Crippen molar-refractivity contribution in [3.05, 3.63) is 12.4 Å². The first kappa shape index (κ1) is 14.0. The van der Waals surface area contributed by atoms with E-state index in [9.17, 15) is 10.2 Å². The molecule has 0 radical (unpaired) electrons. The molecule has 114 valence electrons. The average molecular weight is 296 g/mol. The van der Waals surface area contributed by atoms with Crippen LogP contribution in [0.5, 0.6) is 5.88 Å². The van der Waals surface area contributed by atoms with Crippen molar-refractivity contribution in [2.45, 2.75) is 24.5 Å². The summed E-state index contributed by atoms with van der Waals surface area (Å²) in [5.74, 6) is 0.300. The van der Waals surface area contributed by atoms with Crippen LogP contribution in [0.15, 0.2) is 12.4 Å². The molecule has 1 fully saturated rings. The summed E-state index contributed by atoms with van der Waals surface area (Å²) < 4.78 is 12.0. The Kier molecular flexibility index (Phi) is 3.41. The van der Waals surface area contributed by atoms with Gasteiger partial charge in [-0.3, -0.25) is 4.57 Å². The molecule has 9 heteroatoms. The Hall–Kier alpha value is -1.94. The number of ether oxygens (including phenoxy) is 2. The third-order valence-electron chi connectivity index (χ3n) is 3.54. The zero-order chi connectivity index (χ0) is 15.1. The topological polar surface area (TPSA) is 136 Å². The lowest BCUT2D eigenvalue weighted by Crippen LogP contribution is -2.33. The van der Waals surface area contributed by atoms with Gasteiger partial charge in [-0.2, -0.15) is 4.98 Å². The van der Waals surface area contributed by atoms with E-state index >= 15 is 0 Å². The fourth-order valence-corrected chi connectivity index (χ4v) is 2.41. The molecule has 0 saturated carbocycles.